The second-order valence-electron chi connectivity index (χ2n) is 3.93. The maximum absolute atomic E-state index is 5.95. The molecule has 3 heteroatoms. The van der Waals surface area contributed by atoms with Crippen molar-refractivity contribution in [1.82, 2.24) is 5.32 Å². The fourth-order valence-electron chi connectivity index (χ4n) is 1.58. The van der Waals surface area contributed by atoms with E-state index in [0.717, 1.165) is 31.0 Å². The molecule has 0 fully saturated rings. The van der Waals surface area contributed by atoms with E-state index in [-0.39, 0.29) is 0 Å². The smallest absolute Gasteiger partial charge is 0.0462 e. The van der Waals surface area contributed by atoms with Gasteiger partial charge in [-0.05, 0) is 44.0 Å². The van der Waals surface area contributed by atoms with E-state index in [4.69, 9.17) is 16.3 Å². The maximum atomic E-state index is 5.95. The second kappa shape index (κ2) is 7.66. The highest BCUT2D eigenvalue weighted by Crippen LogP contribution is 2.17. The number of methoxy groups -OCH3 is 1. The number of hydrogen-bond donors (Lipinski definition) is 1. The molecule has 2 nitrogen and oxygen atoms in total. The Morgan fingerprint density at radius 2 is 2.19 bits per heavy atom. The summed E-state index contributed by atoms with van der Waals surface area (Å²) in [5.74, 6) is 0. The van der Waals surface area contributed by atoms with Gasteiger partial charge in [0.1, 0.15) is 0 Å². The Labute approximate surface area is 103 Å². The maximum Gasteiger partial charge on any atom is 0.0462 e. The van der Waals surface area contributed by atoms with Gasteiger partial charge in [-0.2, -0.15) is 0 Å². The van der Waals surface area contributed by atoms with E-state index in [0.29, 0.717) is 6.04 Å². The van der Waals surface area contributed by atoms with Crippen molar-refractivity contribution in [3.63, 3.8) is 0 Å². The van der Waals surface area contributed by atoms with E-state index in [2.05, 4.69) is 18.3 Å². The molecule has 0 aliphatic carbocycles. The van der Waals surface area contributed by atoms with Crippen LogP contribution in [0.5, 0.6) is 0 Å². The highest BCUT2D eigenvalue weighted by molar-refractivity contribution is 6.30. The van der Waals surface area contributed by atoms with Crippen LogP contribution in [-0.4, -0.2) is 20.3 Å². The lowest BCUT2D eigenvalue weighted by molar-refractivity contribution is 0.192. The molecule has 1 aromatic carbocycles. The third-order valence-corrected chi connectivity index (χ3v) is 2.81. The van der Waals surface area contributed by atoms with Crippen LogP contribution in [0.2, 0.25) is 5.02 Å². The first-order chi connectivity index (χ1) is 7.74. The monoisotopic (exact) mass is 241 g/mol. The number of benzene rings is 1. The fourth-order valence-corrected chi connectivity index (χ4v) is 1.78. The van der Waals surface area contributed by atoms with Gasteiger partial charge in [0.15, 0.2) is 0 Å². The number of rotatable bonds is 7. The van der Waals surface area contributed by atoms with Crippen molar-refractivity contribution < 1.29 is 4.74 Å². The van der Waals surface area contributed by atoms with Gasteiger partial charge in [0.2, 0.25) is 0 Å². The SMILES string of the molecule is COCCCCN[C@@H](C)c1cccc(Cl)c1. The zero-order valence-corrected chi connectivity index (χ0v) is 10.8. The average molecular weight is 242 g/mol. The molecule has 0 saturated heterocycles. The van der Waals surface area contributed by atoms with E-state index in [1.807, 2.05) is 18.2 Å². The van der Waals surface area contributed by atoms with E-state index in [1.165, 1.54) is 5.56 Å². The summed E-state index contributed by atoms with van der Waals surface area (Å²) in [5.41, 5.74) is 1.24. The van der Waals surface area contributed by atoms with Crippen LogP contribution in [-0.2, 0) is 4.74 Å². The van der Waals surface area contributed by atoms with Crippen LogP contribution in [0, 0.1) is 0 Å². The van der Waals surface area contributed by atoms with Crippen LogP contribution in [0.25, 0.3) is 0 Å². The van der Waals surface area contributed by atoms with Crippen molar-refractivity contribution in [2.24, 2.45) is 0 Å². The van der Waals surface area contributed by atoms with E-state index in [1.54, 1.807) is 7.11 Å². The molecule has 0 aromatic heterocycles. The van der Waals surface area contributed by atoms with Crippen LogP contribution < -0.4 is 5.32 Å². The molecule has 0 saturated carbocycles. The molecule has 0 aliphatic rings. The average Bonchev–Trinajstić information content (AvgIpc) is 2.28. The molecule has 16 heavy (non-hydrogen) atoms. The Balaban J connectivity index is 2.27. The van der Waals surface area contributed by atoms with Crippen LogP contribution in [0.3, 0.4) is 0 Å². The molecule has 1 rings (SSSR count). The molecular formula is C13H20ClNO. The number of ether oxygens (including phenoxy) is 1. The summed E-state index contributed by atoms with van der Waals surface area (Å²) in [5, 5.41) is 4.27. The van der Waals surface area contributed by atoms with Gasteiger partial charge in [0.05, 0.1) is 0 Å². The quantitative estimate of drug-likeness (QED) is 0.739. The van der Waals surface area contributed by atoms with Gasteiger partial charge in [0.25, 0.3) is 0 Å². The molecular weight excluding hydrogens is 222 g/mol. The minimum atomic E-state index is 0.348. The third kappa shape index (κ3) is 4.97. The van der Waals surface area contributed by atoms with Crippen LogP contribution >= 0.6 is 11.6 Å². The molecule has 0 radical (unpaired) electrons. The van der Waals surface area contributed by atoms with Crippen molar-refractivity contribution in [1.29, 1.82) is 0 Å². The van der Waals surface area contributed by atoms with E-state index in [9.17, 15) is 0 Å². The Kier molecular flexibility index (Phi) is 6.46. The first kappa shape index (κ1) is 13.5. The van der Waals surface area contributed by atoms with Gasteiger partial charge in [-0.1, -0.05) is 23.7 Å². The number of nitrogens with one attached hydrogen (secondary N) is 1. The first-order valence-electron chi connectivity index (χ1n) is 5.72. The van der Waals surface area contributed by atoms with Crippen molar-refractivity contribution >= 4 is 11.6 Å². The lowest BCUT2D eigenvalue weighted by Gasteiger charge is -2.14. The largest absolute Gasteiger partial charge is 0.385 e. The molecule has 1 N–H and O–H groups in total. The lowest BCUT2D eigenvalue weighted by Crippen LogP contribution is -2.20. The Morgan fingerprint density at radius 1 is 1.38 bits per heavy atom. The second-order valence-corrected chi connectivity index (χ2v) is 4.37. The zero-order chi connectivity index (χ0) is 11.8. The van der Waals surface area contributed by atoms with Crippen molar-refractivity contribution in [3.8, 4) is 0 Å². The molecule has 0 amide bonds. The minimum Gasteiger partial charge on any atom is -0.385 e. The Hall–Kier alpha value is -0.570. The summed E-state index contributed by atoms with van der Waals surface area (Å²) in [4.78, 5) is 0. The molecule has 0 aliphatic heterocycles. The van der Waals surface area contributed by atoms with Crippen LogP contribution in [0.4, 0.5) is 0 Å². The molecule has 0 bridgehead atoms. The predicted molar refractivity (Wildman–Crippen MR) is 69.0 cm³/mol. The van der Waals surface area contributed by atoms with Gasteiger partial charge in [-0.15, -0.1) is 0 Å². The van der Waals surface area contributed by atoms with Crippen molar-refractivity contribution in [2.75, 3.05) is 20.3 Å². The van der Waals surface area contributed by atoms with E-state index >= 15 is 0 Å². The molecule has 0 spiro atoms. The minimum absolute atomic E-state index is 0.348. The summed E-state index contributed by atoms with van der Waals surface area (Å²) in [7, 11) is 1.74. The Bertz CT molecular complexity index is 304. The summed E-state index contributed by atoms with van der Waals surface area (Å²) >= 11 is 5.95. The number of unbranched alkanes of at least 4 members (excludes halogenated alkanes) is 1. The molecule has 0 unspecified atom stereocenters. The fraction of sp³-hybridized carbons (Fsp3) is 0.538. The summed E-state index contributed by atoms with van der Waals surface area (Å²) < 4.78 is 5.00. The molecule has 1 aromatic rings. The molecule has 90 valence electrons. The molecule has 0 heterocycles. The highest BCUT2D eigenvalue weighted by Gasteiger charge is 2.03. The third-order valence-electron chi connectivity index (χ3n) is 2.57. The van der Waals surface area contributed by atoms with Crippen molar-refractivity contribution in [2.45, 2.75) is 25.8 Å². The van der Waals surface area contributed by atoms with Crippen LogP contribution in [0.15, 0.2) is 24.3 Å². The van der Waals surface area contributed by atoms with Gasteiger partial charge >= 0.3 is 0 Å². The van der Waals surface area contributed by atoms with Gasteiger partial charge < -0.3 is 10.1 Å². The Morgan fingerprint density at radius 3 is 2.88 bits per heavy atom. The standard InChI is InChI=1S/C13H20ClNO/c1-11(15-8-3-4-9-16-2)12-6-5-7-13(14)10-12/h5-7,10-11,15H,3-4,8-9H2,1-2H3/t11-/m0/s1. The van der Waals surface area contributed by atoms with E-state index < -0.39 is 0 Å². The lowest BCUT2D eigenvalue weighted by atomic mass is 10.1. The summed E-state index contributed by atoms with van der Waals surface area (Å²) in [6, 6.07) is 8.34. The summed E-state index contributed by atoms with van der Waals surface area (Å²) in [6.45, 7) is 4.01. The summed E-state index contributed by atoms with van der Waals surface area (Å²) in [6.07, 6.45) is 2.24. The number of halogens is 1. The normalized spacial score (nSPS) is 12.7. The van der Waals surface area contributed by atoms with Gasteiger partial charge in [-0.25, -0.2) is 0 Å². The number of hydrogen-bond acceptors (Lipinski definition) is 2. The highest BCUT2D eigenvalue weighted by atomic mass is 35.5. The zero-order valence-electron chi connectivity index (χ0n) is 10.0. The van der Waals surface area contributed by atoms with Gasteiger partial charge in [0, 0.05) is 24.8 Å². The first-order valence-corrected chi connectivity index (χ1v) is 6.09. The van der Waals surface area contributed by atoms with Crippen molar-refractivity contribution in [3.05, 3.63) is 34.9 Å². The van der Waals surface area contributed by atoms with Gasteiger partial charge in [-0.3, -0.25) is 0 Å². The van der Waals surface area contributed by atoms with Crippen LogP contribution in [0.1, 0.15) is 31.4 Å². The topological polar surface area (TPSA) is 21.3 Å². The predicted octanol–water partition coefficient (Wildman–Crippen LogP) is 3.42. The molecule has 1 atom stereocenters.